The molecule has 2 aliphatic rings. The molecule has 2 N–H and O–H groups in total. The number of rotatable bonds is 4. The molecule has 1 fully saturated rings. The van der Waals surface area contributed by atoms with Crippen molar-refractivity contribution in [3.8, 4) is 0 Å². The van der Waals surface area contributed by atoms with Crippen molar-refractivity contribution in [2.24, 2.45) is 9.98 Å². The maximum absolute atomic E-state index is 13.0. The molecule has 7 heteroatoms. The standard InChI is InChI=1S/C28H29N5OS/c34-27(33-15-13-29-14-16-33)26-19-23-20-31-28(30-12-5-4-11-25(23)35-26)32-24-10-6-9-22(18-24)17-21-7-2-1-3-8-21/h1-4,6-12,18-19,29H,5,13-17,20H2,(H,31,32)/b11-4-,30-12-. The molecule has 2 aromatic carbocycles. The van der Waals surface area contributed by atoms with E-state index in [1.54, 1.807) is 11.3 Å². The van der Waals surface area contributed by atoms with Gasteiger partial charge < -0.3 is 15.5 Å². The van der Waals surface area contributed by atoms with Crippen molar-refractivity contribution in [1.82, 2.24) is 10.2 Å². The van der Waals surface area contributed by atoms with Gasteiger partial charge >= 0.3 is 0 Å². The van der Waals surface area contributed by atoms with Crippen LogP contribution in [0.25, 0.3) is 6.08 Å². The Morgan fingerprint density at radius 3 is 2.71 bits per heavy atom. The number of anilines is 1. The van der Waals surface area contributed by atoms with Crippen molar-refractivity contribution in [1.29, 1.82) is 0 Å². The van der Waals surface area contributed by atoms with Crippen molar-refractivity contribution in [2.75, 3.05) is 31.5 Å². The summed E-state index contributed by atoms with van der Waals surface area (Å²) in [6.07, 6.45) is 7.61. The Morgan fingerprint density at radius 2 is 1.86 bits per heavy atom. The number of hydrogen-bond acceptors (Lipinski definition) is 6. The summed E-state index contributed by atoms with van der Waals surface area (Å²) >= 11 is 1.55. The van der Waals surface area contributed by atoms with Crippen LogP contribution in [0.3, 0.4) is 0 Å². The molecule has 1 aromatic heterocycles. The number of fused-ring (bicyclic) bond motifs is 1. The second-order valence-electron chi connectivity index (χ2n) is 8.62. The molecule has 0 atom stereocenters. The van der Waals surface area contributed by atoms with Gasteiger partial charge in [0.05, 0.1) is 11.4 Å². The van der Waals surface area contributed by atoms with Gasteiger partial charge in [0, 0.05) is 49.4 Å². The second-order valence-corrected chi connectivity index (χ2v) is 9.70. The van der Waals surface area contributed by atoms with Gasteiger partial charge in [0.15, 0.2) is 0 Å². The molecule has 1 saturated heterocycles. The maximum atomic E-state index is 13.0. The van der Waals surface area contributed by atoms with Crippen molar-refractivity contribution >= 4 is 41.2 Å². The van der Waals surface area contributed by atoms with Crippen molar-refractivity contribution in [3.05, 3.63) is 93.2 Å². The summed E-state index contributed by atoms with van der Waals surface area (Å²) in [5, 5.41) is 6.68. The van der Waals surface area contributed by atoms with Gasteiger partial charge in [0.2, 0.25) is 5.96 Å². The maximum Gasteiger partial charge on any atom is 0.264 e. The van der Waals surface area contributed by atoms with E-state index in [0.717, 1.165) is 53.6 Å². The topological polar surface area (TPSA) is 69.1 Å². The number of nitrogens with zero attached hydrogens (tertiary/aromatic N) is 3. The van der Waals surface area contributed by atoms with Gasteiger partial charge in [-0.05, 0) is 47.4 Å². The minimum absolute atomic E-state index is 0.112. The third-order valence-corrected chi connectivity index (χ3v) is 7.14. The van der Waals surface area contributed by atoms with E-state index in [1.807, 2.05) is 29.3 Å². The SMILES string of the molecule is O=C(c1cc2c(s1)/C=C\C/C=N\C(Nc1cccc(Cc3ccccc3)c1)=N/C2)N1CCNCC1. The predicted octanol–water partition coefficient (Wildman–Crippen LogP) is 4.84. The van der Waals surface area contributed by atoms with Crippen LogP contribution in [-0.4, -0.2) is 49.2 Å². The molecule has 3 aromatic rings. The third-order valence-electron chi connectivity index (χ3n) is 6.01. The Hall–Kier alpha value is -3.55. The van der Waals surface area contributed by atoms with Crippen LogP contribution < -0.4 is 10.6 Å². The molecule has 0 radical (unpaired) electrons. The first-order valence-electron chi connectivity index (χ1n) is 12.0. The zero-order valence-electron chi connectivity index (χ0n) is 19.6. The largest absolute Gasteiger partial charge is 0.335 e. The number of amides is 1. The first-order chi connectivity index (χ1) is 17.2. The van der Waals surface area contributed by atoms with Gasteiger partial charge in [0.25, 0.3) is 5.91 Å². The van der Waals surface area contributed by atoms with E-state index in [2.05, 4.69) is 70.2 Å². The fourth-order valence-corrected chi connectivity index (χ4v) is 5.28. The number of guanidine groups is 1. The first kappa shape index (κ1) is 23.2. The second kappa shape index (κ2) is 11.3. The van der Waals surface area contributed by atoms with Crippen LogP contribution in [-0.2, 0) is 13.0 Å². The Balaban J connectivity index is 1.32. The molecule has 2 aliphatic heterocycles. The van der Waals surface area contributed by atoms with E-state index in [1.165, 1.54) is 11.1 Å². The number of benzene rings is 2. The summed E-state index contributed by atoms with van der Waals surface area (Å²) in [6, 6.07) is 20.8. The number of thiophene rings is 1. The molecule has 178 valence electrons. The highest BCUT2D eigenvalue weighted by Crippen LogP contribution is 2.27. The predicted molar refractivity (Wildman–Crippen MR) is 146 cm³/mol. The summed E-state index contributed by atoms with van der Waals surface area (Å²) in [6.45, 7) is 3.66. The number of carbonyl (C=O) groups excluding carboxylic acids is 1. The minimum atomic E-state index is 0.112. The monoisotopic (exact) mass is 483 g/mol. The van der Waals surface area contributed by atoms with Crippen molar-refractivity contribution < 1.29 is 4.79 Å². The number of carbonyl (C=O) groups is 1. The Morgan fingerprint density at radius 1 is 1.03 bits per heavy atom. The van der Waals surface area contributed by atoms with Crippen LogP contribution >= 0.6 is 11.3 Å². The van der Waals surface area contributed by atoms with E-state index in [9.17, 15) is 4.79 Å². The van der Waals surface area contributed by atoms with Gasteiger partial charge in [0.1, 0.15) is 0 Å². The number of hydrogen-bond donors (Lipinski definition) is 2. The summed E-state index contributed by atoms with van der Waals surface area (Å²) in [5.41, 5.74) is 4.52. The molecular formula is C28H29N5OS. The molecule has 0 spiro atoms. The van der Waals surface area contributed by atoms with E-state index in [4.69, 9.17) is 4.99 Å². The molecule has 0 unspecified atom stereocenters. The Kier molecular flexibility index (Phi) is 7.46. The fourth-order valence-electron chi connectivity index (χ4n) is 4.20. The van der Waals surface area contributed by atoms with Gasteiger partial charge in [-0.1, -0.05) is 48.5 Å². The van der Waals surface area contributed by atoms with Crippen LogP contribution in [0.4, 0.5) is 5.69 Å². The normalized spacial score (nSPS) is 19.2. The lowest BCUT2D eigenvalue weighted by atomic mass is 10.0. The molecule has 3 heterocycles. The van der Waals surface area contributed by atoms with Crippen molar-refractivity contribution in [3.63, 3.8) is 0 Å². The quantitative estimate of drug-likeness (QED) is 0.558. The molecule has 0 saturated carbocycles. The number of allylic oxidation sites excluding steroid dienone is 1. The van der Waals surface area contributed by atoms with Gasteiger partial charge in [-0.2, -0.15) is 0 Å². The molecule has 0 bridgehead atoms. The molecule has 5 rings (SSSR count). The smallest absolute Gasteiger partial charge is 0.264 e. The van der Waals surface area contributed by atoms with E-state index >= 15 is 0 Å². The lowest BCUT2D eigenvalue weighted by Gasteiger charge is -2.26. The minimum Gasteiger partial charge on any atom is -0.335 e. The van der Waals surface area contributed by atoms with Crippen LogP contribution in [0.1, 0.15) is 37.7 Å². The van der Waals surface area contributed by atoms with Gasteiger partial charge in [-0.25, -0.2) is 9.98 Å². The Labute approximate surface area is 210 Å². The number of nitrogens with one attached hydrogen (secondary N) is 2. The highest BCUT2D eigenvalue weighted by atomic mass is 32.1. The molecule has 35 heavy (non-hydrogen) atoms. The van der Waals surface area contributed by atoms with Gasteiger partial charge in [-0.15, -0.1) is 11.3 Å². The molecule has 0 aliphatic carbocycles. The number of aliphatic imine (C=N–C) groups is 2. The van der Waals surface area contributed by atoms with Gasteiger partial charge in [-0.3, -0.25) is 4.79 Å². The van der Waals surface area contributed by atoms with Crippen molar-refractivity contribution in [2.45, 2.75) is 19.4 Å². The Bertz CT molecular complexity index is 1260. The lowest BCUT2D eigenvalue weighted by molar-refractivity contribution is 0.0740. The van der Waals surface area contributed by atoms with E-state index in [-0.39, 0.29) is 5.91 Å². The average Bonchev–Trinajstić information content (AvgIpc) is 3.31. The summed E-state index contributed by atoms with van der Waals surface area (Å²) < 4.78 is 0. The van der Waals surface area contributed by atoms with E-state index < -0.39 is 0 Å². The molecule has 1 amide bonds. The van der Waals surface area contributed by atoms with Crippen LogP contribution in [0.2, 0.25) is 0 Å². The van der Waals surface area contributed by atoms with Crippen LogP contribution in [0.15, 0.2) is 76.7 Å². The summed E-state index contributed by atoms with van der Waals surface area (Å²) in [4.78, 5) is 26.1. The highest BCUT2D eigenvalue weighted by Gasteiger charge is 2.21. The first-order valence-corrected chi connectivity index (χ1v) is 12.8. The van der Waals surface area contributed by atoms with Crippen LogP contribution in [0, 0.1) is 0 Å². The third kappa shape index (κ3) is 6.12. The fraction of sp³-hybridized carbons (Fsp3) is 0.250. The molecular weight excluding hydrogens is 454 g/mol. The highest BCUT2D eigenvalue weighted by molar-refractivity contribution is 7.15. The average molecular weight is 484 g/mol. The van der Waals surface area contributed by atoms with Crippen LogP contribution in [0.5, 0.6) is 0 Å². The summed E-state index contributed by atoms with van der Waals surface area (Å²) in [5.74, 6) is 0.686. The van der Waals surface area contributed by atoms with E-state index in [0.29, 0.717) is 18.9 Å². The number of piperazine rings is 1. The zero-order chi connectivity index (χ0) is 23.9. The summed E-state index contributed by atoms with van der Waals surface area (Å²) in [7, 11) is 0. The lowest BCUT2D eigenvalue weighted by Crippen LogP contribution is -2.46. The molecule has 6 nitrogen and oxygen atoms in total. The zero-order valence-corrected chi connectivity index (χ0v) is 20.4.